The Bertz CT molecular complexity index is 1170. The highest BCUT2D eigenvalue weighted by Crippen LogP contribution is 2.31. The molecule has 0 aliphatic carbocycles. The number of carbonyl (C=O) groups is 1. The third kappa shape index (κ3) is 5.75. The zero-order valence-electron chi connectivity index (χ0n) is 20.7. The zero-order valence-corrected chi connectivity index (χ0v) is 21.5. The summed E-state index contributed by atoms with van der Waals surface area (Å²) >= 11 is 6.10. The molecule has 2 aliphatic rings. The van der Waals surface area contributed by atoms with Crippen LogP contribution in [0.25, 0.3) is 11.3 Å². The average Bonchev–Trinajstić information content (AvgIpc) is 3.23. The Morgan fingerprint density at radius 1 is 1.08 bits per heavy atom. The topological polar surface area (TPSA) is 73.6 Å². The van der Waals surface area contributed by atoms with Crippen LogP contribution >= 0.6 is 11.6 Å². The Morgan fingerprint density at radius 2 is 1.81 bits per heavy atom. The summed E-state index contributed by atoms with van der Waals surface area (Å²) in [6.45, 7) is 5.82. The van der Waals surface area contributed by atoms with E-state index in [9.17, 15) is 9.90 Å². The predicted octanol–water partition coefficient (Wildman–Crippen LogP) is 4.05. The van der Waals surface area contributed by atoms with Crippen LogP contribution in [0.2, 0.25) is 5.02 Å². The molecule has 0 bridgehead atoms. The predicted molar refractivity (Wildman–Crippen MR) is 143 cm³/mol. The van der Waals surface area contributed by atoms with E-state index in [0.29, 0.717) is 37.2 Å². The summed E-state index contributed by atoms with van der Waals surface area (Å²) in [5.41, 5.74) is 5.19. The van der Waals surface area contributed by atoms with Gasteiger partial charge in [-0.25, -0.2) is 0 Å². The van der Waals surface area contributed by atoms with Gasteiger partial charge in [0, 0.05) is 79.6 Å². The summed E-state index contributed by atoms with van der Waals surface area (Å²) in [6, 6.07) is 18.5. The number of aliphatic hydroxyl groups excluding tert-OH is 1. The van der Waals surface area contributed by atoms with Crippen LogP contribution in [0.5, 0.6) is 0 Å². The van der Waals surface area contributed by atoms with Gasteiger partial charge in [0.1, 0.15) is 0 Å². The van der Waals surface area contributed by atoms with Crippen molar-refractivity contribution in [2.75, 3.05) is 31.5 Å². The maximum absolute atomic E-state index is 12.1. The lowest BCUT2D eigenvalue weighted by Gasteiger charge is -2.34. The largest absolute Gasteiger partial charge is 0.390 e. The number of anilines is 1. The monoisotopic (exact) mass is 507 g/mol. The lowest BCUT2D eigenvalue weighted by Crippen LogP contribution is -2.43. The highest BCUT2D eigenvalue weighted by atomic mass is 35.5. The quantitative estimate of drug-likeness (QED) is 0.505. The Balaban J connectivity index is 1.24. The molecule has 0 spiro atoms. The SMILES string of the molecule is CC(=O)N1CCc2c(c(-c3ccc(Cl)cc3)nn2CC(O)CN2CCC(Nc3ccccc3)CC2)C1. The van der Waals surface area contributed by atoms with E-state index < -0.39 is 6.10 Å². The number of rotatable bonds is 7. The summed E-state index contributed by atoms with van der Waals surface area (Å²) in [4.78, 5) is 16.3. The number of benzene rings is 2. The van der Waals surface area contributed by atoms with Crippen LogP contribution in [-0.2, 0) is 24.3 Å². The Hall–Kier alpha value is -2.87. The van der Waals surface area contributed by atoms with Gasteiger partial charge in [0.2, 0.25) is 5.91 Å². The fourth-order valence-electron chi connectivity index (χ4n) is 5.34. The Morgan fingerprint density at radius 3 is 2.50 bits per heavy atom. The number of nitrogens with zero attached hydrogens (tertiary/aromatic N) is 4. The van der Waals surface area contributed by atoms with Gasteiger partial charge in [0.15, 0.2) is 0 Å². The zero-order chi connectivity index (χ0) is 25.1. The summed E-state index contributed by atoms with van der Waals surface area (Å²) in [5.74, 6) is 0.0700. The van der Waals surface area contributed by atoms with Gasteiger partial charge in [-0.2, -0.15) is 5.10 Å². The van der Waals surface area contributed by atoms with Crippen molar-refractivity contribution < 1.29 is 9.90 Å². The van der Waals surface area contributed by atoms with Crippen LogP contribution in [0.3, 0.4) is 0 Å². The third-order valence-corrected chi connectivity index (χ3v) is 7.53. The molecule has 36 heavy (non-hydrogen) atoms. The van der Waals surface area contributed by atoms with Gasteiger partial charge >= 0.3 is 0 Å². The second-order valence-corrected chi connectivity index (χ2v) is 10.3. The van der Waals surface area contributed by atoms with Crippen molar-refractivity contribution in [1.29, 1.82) is 0 Å². The lowest BCUT2D eigenvalue weighted by atomic mass is 10.0. The molecule has 7 nitrogen and oxygen atoms in total. The van der Waals surface area contributed by atoms with E-state index in [1.807, 2.05) is 39.9 Å². The number of amides is 1. The van der Waals surface area contributed by atoms with Crippen molar-refractivity contribution in [2.24, 2.45) is 0 Å². The molecule has 0 saturated carbocycles. The molecule has 1 fully saturated rings. The molecule has 3 aromatic rings. The van der Waals surface area contributed by atoms with E-state index in [4.69, 9.17) is 16.7 Å². The molecule has 2 N–H and O–H groups in total. The van der Waals surface area contributed by atoms with Gasteiger partial charge < -0.3 is 20.2 Å². The minimum absolute atomic E-state index is 0.0700. The highest BCUT2D eigenvalue weighted by molar-refractivity contribution is 6.30. The van der Waals surface area contributed by atoms with E-state index in [1.54, 1.807) is 6.92 Å². The van der Waals surface area contributed by atoms with E-state index in [0.717, 1.165) is 54.9 Å². The number of nitrogens with one attached hydrogen (secondary N) is 1. The smallest absolute Gasteiger partial charge is 0.219 e. The van der Waals surface area contributed by atoms with E-state index >= 15 is 0 Å². The molecule has 2 aliphatic heterocycles. The maximum atomic E-state index is 12.1. The van der Waals surface area contributed by atoms with Crippen molar-refractivity contribution in [1.82, 2.24) is 19.6 Å². The van der Waals surface area contributed by atoms with Crippen molar-refractivity contribution >= 4 is 23.2 Å². The number of β-amino-alcohol motifs (C(OH)–C–C–N with tert-alkyl or cyclic N) is 1. The molecular weight excluding hydrogens is 474 g/mol. The van der Waals surface area contributed by atoms with Crippen molar-refractivity contribution in [3.8, 4) is 11.3 Å². The molecule has 1 aromatic heterocycles. The number of likely N-dealkylation sites (tertiary alicyclic amines) is 1. The number of halogens is 1. The molecule has 0 radical (unpaired) electrons. The van der Waals surface area contributed by atoms with Gasteiger partial charge in [0.25, 0.3) is 0 Å². The lowest BCUT2D eigenvalue weighted by molar-refractivity contribution is -0.129. The molecule has 2 aromatic carbocycles. The summed E-state index contributed by atoms with van der Waals surface area (Å²) in [5, 5.41) is 20.2. The molecule has 1 amide bonds. The van der Waals surface area contributed by atoms with Crippen molar-refractivity contribution in [2.45, 2.75) is 51.4 Å². The fraction of sp³-hybridized carbons (Fsp3) is 0.429. The number of aliphatic hydroxyl groups is 1. The standard InChI is InChI=1S/C28H34ClN5O2/c1-20(35)33-16-13-27-26(19-33)28(21-7-9-22(29)10-8-21)31-34(27)18-25(36)17-32-14-11-24(12-15-32)30-23-5-3-2-4-6-23/h2-10,24-25,30,36H,11-19H2,1H3. The first-order valence-electron chi connectivity index (χ1n) is 12.8. The first kappa shape index (κ1) is 24.8. The highest BCUT2D eigenvalue weighted by Gasteiger charge is 2.28. The van der Waals surface area contributed by atoms with Crippen LogP contribution in [0, 0.1) is 0 Å². The average molecular weight is 508 g/mol. The van der Waals surface area contributed by atoms with Gasteiger partial charge in [-0.05, 0) is 37.1 Å². The molecule has 3 heterocycles. The number of piperidine rings is 1. The number of hydrogen-bond donors (Lipinski definition) is 2. The summed E-state index contributed by atoms with van der Waals surface area (Å²) < 4.78 is 1.96. The minimum atomic E-state index is -0.517. The van der Waals surface area contributed by atoms with E-state index in [-0.39, 0.29) is 5.91 Å². The fourth-order valence-corrected chi connectivity index (χ4v) is 5.46. The van der Waals surface area contributed by atoms with Crippen LogP contribution in [0.15, 0.2) is 54.6 Å². The first-order valence-corrected chi connectivity index (χ1v) is 13.2. The van der Waals surface area contributed by atoms with Gasteiger partial charge in [-0.15, -0.1) is 0 Å². The third-order valence-electron chi connectivity index (χ3n) is 7.28. The van der Waals surface area contributed by atoms with Crippen LogP contribution in [0.1, 0.15) is 31.0 Å². The number of para-hydroxylation sites is 1. The minimum Gasteiger partial charge on any atom is -0.390 e. The van der Waals surface area contributed by atoms with Crippen LogP contribution < -0.4 is 5.32 Å². The number of fused-ring (bicyclic) bond motifs is 1. The van der Waals surface area contributed by atoms with E-state index in [2.05, 4.69) is 34.5 Å². The Kier molecular flexibility index (Phi) is 7.60. The summed E-state index contributed by atoms with van der Waals surface area (Å²) in [7, 11) is 0. The van der Waals surface area contributed by atoms with Crippen molar-refractivity contribution in [3.05, 3.63) is 70.9 Å². The molecule has 1 saturated heterocycles. The van der Waals surface area contributed by atoms with Gasteiger partial charge in [-0.3, -0.25) is 9.48 Å². The van der Waals surface area contributed by atoms with Crippen LogP contribution in [0.4, 0.5) is 5.69 Å². The first-order chi connectivity index (χ1) is 17.5. The van der Waals surface area contributed by atoms with E-state index in [1.165, 1.54) is 5.69 Å². The number of carbonyl (C=O) groups excluding carboxylic acids is 1. The van der Waals surface area contributed by atoms with Crippen molar-refractivity contribution in [3.63, 3.8) is 0 Å². The molecule has 1 unspecified atom stereocenters. The molecule has 1 atom stereocenters. The molecular formula is C28H34ClN5O2. The molecule has 5 rings (SSSR count). The number of hydrogen-bond acceptors (Lipinski definition) is 5. The maximum Gasteiger partial charge on any atom is 0.219 e. The summed E-state index contributed by atoms with van der Waals surface area (Å²) in [6.07, 6.45) is 2.33. The number of aromatic nitrogens is 2. The Labute approximate surface area is 217 Å². The molecule has 190 valence electrons. The second kappa shape index (κ2) is 11.0. The van der Waals surface area contributed by atoms with Crippen LogP contribution in [-0.4, -0.2) is 68.9 Å². The molecule has 8 heteroatoms. The van der Waals surface area contributed by atoms with Gasteiger partial charge in [-0.1, -0.05) is 41.9 Å². The van der Waals surface area contributed by atoms with Gasteiger partial charge in [0.05, 0.1) is 18.3 Å². The second-order valence-electron chi connectivity index (χ2n) is 9.89. The normalized spacial score (nSPS) is 17.6.